The van der Waals surface area contributed by atoms with Gasteiger partial charge >= 0.3 is 0 Å². The number of nitrogens with zero attached hydrogens (tertiary/aromatic N) is 1. The molecule has 0 aliphatic rings. The van der Waals surface area contributed by atoms with Crippen molar-refractivity contribution in [1.29, 1.82) is 0 Å². The standard InChI is InChI=1S/C19H23NO3/c1-3-11-22-15-18(21)13-20(12-17-7-5-4-6-8-17)14-19-10-9-16(2)23-19/h1,4-10,18,21H,11-15H2,2H3. The highest BCUT2D eigenvalue weighted by Crippen LogP contribution is 2.13. The van der Waals surface area contributed by atoms with Gasteiger partial charge in [0.1, 0.15) is 18.1 Å². The number of ether oxygens (including phenoxy) is 1. The van der Waals surface area contributed by atoms with Gasteiger partial charge in [-0.2, -0.15) is 0 Å². The molecule has 0 aliphatic carbocycles. The monoisotopic (exact) mass is 313 g/mol. The third-order valence-corrected chi connectivity index (χ3v) is 3.39. The van der Waals surface area contributed by atoms with Gasteiger partial charge in [-0.3, -0.25) is 4.90 Å². The highest BCUT2D eigenvalue weighted by molar-refractivity contribution is 5.15. The summed E-state index contributed by atoms with van der Waals surface area (Å²) in [6.45, 7) is 4.22. The molecule has 1 atom stereocenters. The summed E-state index contributed by atoms with van der Waals surface area (Å²) in [5.41, 5.74) is 1.19. The number of aliphatic hydroxyl groups is 1. The maximum Gasteiger partial charge on any atom is 0.118 e. The Balaban J connectivity index is 1.97. The van der Waals surface area contributed by atoms with E-state index in [1.165, 1.54) is 5.56 Å². The van der Waals surface area contributed by atoms with E-state index in [9.17, 15) is 5.11 Å². The third-order valence-electron chi connectivity index (χ3n) is 3.39. The Kier molecular flexibility index (Phi) is 6.89. The molecule has 0 fully saturated rings. The number of hydrogen-bond donors (Lipinski definition) is 1. The van der Waals surface area contributed by atoms with Gasteiger partial charge in [0.25, 0.3) is 0 Å². The van der Waals surface area contributed by atoms with Crippen molar-refractivity contribution >= 4 is 0 Å². The fourth-order valence-electron chi connectivity index (χ4n) is 2.42. The van der Waals surface area contributed by atoms with E-state index in [1.807, 2.05) is 37.3 Å². The lowest BCUT2D eigenvalue weighted by molar-refractivity contribution is 0.0230. The minimum absolute atomic E-state index is 0.215. The van der Waals surface area contributed by atoms with Gasteiger partial charge in [0.15, 0.2) is 0 Å². The zero-order valence-corrected chi connectivity index (χ0v) is 13.4. The molecular weight excluding hydrogens is 290 g/mol. The average molecular weight is 313 g/mol. The molecule has 0 radical (unpaired) electrons. The molecule has 0 bridgehead atoms. The topological polar surface area (TPSA) is 45.8 Å². The van der Waals surface area contributed by atoms with Gasteiger partial charge < -0.3 is 14.3 Å². The zero-order valence-electron chi connectivity index (χ0n) is 13.4. The van der Waals surface area contributed by atoms with Crippen molar-refractivity contribution in [2.75, 3.05) is 19.8 Å². The van der Waals surface area contributed by atoms with E-state index in [4.69, 9.17) is 15.6 Å². The first-order valence-electron chi connectivity index (χ1n) is 7.68. The van der Waals surface area contributed by atoms with Crippen LogP contribution >= 0.6 is 0 Å². The maximum atomic E-state index is 10.1. The molecule has 1 aromatic carbocycles. The predicted molar refractivity (Wildman–Crippen MR) is 89.7 cm³/mol. The molecule has 1 heterocycles. The first-order valence-corrected chi connectivity index (χ1v) is 7.68. The van der Waals surface area contributed by atoms with E-state index in [2.05, 4.69) is 23.0 Å². The van der Waals surface area contributed by atoms with Crippen LogP contribution < -0.4 is 0 Å². The normalized spacial score (nSPS) is 12.3. The van der Waals surface area contributed by atoms with Crippen LogP contribution in [0.4, 0.5) is 0 Å². The Morgan fingerprint density at radius 1 is 1.22 bits per heavy atom. The number of hydrogen-bond acceptors (Lipinski definition) is 4. The van der Waals surface area contributed by atoms with Gasteiger partial charge in [0.05, 0.1) is 19.3 Å². The summed E-state index contributed by atoms with van der Waals surface area (Å²) >= 11 is 0. The van der Waals surface area contributed by atoms with E-state index in [0.29, 0.717) is 13.1 Å². The SMILES string of the molecule is C#CCOCC(O)CN(Cc1ccccc1)Cc1ccc(C)o1. The fourth-order valence-corrected chi connectivity index (χ4v) is 2.42. The van der Waals surface area contributed by atoms with Gasteiger partial charge in [-0.05, 0) is 24.6 Å². The van der Waals surface area contributed by atoms with Crippen molar-refractivity contribution < 1.29 is 14.3 Å². The van der Waals surface area contributed by atoms with Crippen LogP contribution in [0.5, 0.6) is 0 Å². The molecule has 1 aromatic heterocycles. The Labute approximate surface area is 137 Å². The van der Waals surface area contributed by atoms with Crippen molar-refractivity contribution in [3.8, 4) is 12.3 Å². The second kappa shape index (κ2) is 9.16. The number of aliphatic hydroxyl groups excluding tert-OH is 1. The van der Waals surface area contributed by atoms with Crippen LogP contribution in [0.3, 0.4) is 0 Å². The van der Waals surface area contributed by atoms with E-state index < -0.39 is 6.10 Å². The molecule has 0 spiro atoms. The summed E-state index contributed by atoms with van der Waals surface area (Å²) in [5.74, 6) is 4.17. The van der Waals surface area contributed by atoms with E-state index in [1.54, 1.807) is 0 Å². The van der Waals surface area contributed by atoms with Crippen LogP contribution in [0.25, 0.3) is 0 Å². The third kappa shape index (κ3) is 6.29. The van der Waals surface area contributed by atoms with Crippen LogP contribution in [0.1, 0.15) is 17.1 Å². The first kappa shape index (κ1) is 17.3. The van der Waals surface area contributed by atoms with Crippen LogP contribution in [-0.4, -0.2) is 35.9 Å². The molecular formula is C19H23NO3. The Bertz CT molecular complexity index is 615. The van der Waals surface area contributed by atoms with Crippen molar-refractivity contribution in [1.82, 2.24) is 4.90 Å². The number of rotatable bonds is 9. The lowest BCUT2D eigenvalue weighted by Crippen LogP contribution is -2.34. The van der Waals surface area contributed by atoms with Crippen LogP contribution in [-0.2, 0) is 17.8 Å². The second-order valence-corrected chi connectivity index (χ2v) is 5.54. The quantitative estimate of drug-likeness (QED) is 0.571. The fraction of sp³-hybridized carbons (Fsp3) is 0.368. The van der Waals surface area contributed by atoms with Gasteiger partial charge in [-0.15, -0.1) is 6.42 Å². The van der Waals surface area contributed by atoms with Gasteiger partial charge in [-0.1, -0.05) is 36.3 Å². The minimum Gasteiger partial charge on any atom is -0.465 e. The summed E-state index contributed by atoms with van der Waals surface area (Å²) in [6.07, 6.45) is 4.55. The number of aryl methyl sites for hydroxylation is 1. The Morgan fingerprint density at radius 2 is 2.00 bits per heavy atom. The van der Waals surface area contributed by atoms with E-state index in [0.717, 1.165) is 18.1 Å². The van der Waals surface area contributed by atoms with Crippen LogP contribution in [0.15, 0.2) is 46.9 Å². The molecule has 2 rings (SSSR count). The highest BCUT2D eigenvalue weighted by atomic mass is 16.5. The van der Waals surface area contributed by atoms with Crippen molar-refractivity contribution in [3.05, 3.63) is 59.5 Å². The number of terminal acetylenes is 1. The maximum absolute atomic E-state index is 10.1. The average Bonchev–Trinajstić information content (AvgIpc) is 2.93. The summed E-state index contributed by atoms with van der Waals surface area (Å²) in [5, 5.41) is 10.1. The number of benzene rings is 1. The molecule has 0 saturated heterocycles. The molecule has 4 heteroatoms. The van der Waals surface area contributed by atoms with E-state index >= 15 is 0 Å². The zero-order chi connectivity index (χ0) is 16.5. The van der Waals surface area contributed by atoms with Gasteiger partial charge in [0.2, 0.25) is 0 Å². The summed E-state index contributed by atoms with van der Waals surface area (Å²) < 4.78 is 10.9. The molecule has 0 aliphatic heterocycles. The first-order chi connectivity index (χ1) is 11.2. The van der Waals surface area contributed by atoms with Crippen molar-refractivity contribution in [3.63, 3.8) is 0 Å². The summed E-state index contributed by atoms with van der Waals surface area (Å²) in [7, 11) is 0. The molecule has 0 saturated carbocycles. The molecule has 23 heavy (non-hydrogen) atoms. The Morgan fingerprint density at radius 3 is 2.65 bits per heavy atom. The van der Waals surface area contributed by atoms with Gasteiger partial charge in [-0.25, -0.2) is 0 Å². The second-order valence-electron chi connectivity index (χ2n) is 5.54. The predicted octanol–water partition coefficient (Wildman–Crippen LogP) is 2.60. The highest BCUT2D eigenvalue weighted by Gasteiger charge is 2.14. The Hall–Kier alpha value is -2.06. The molecule has 2 aromatic rings. The molecule has 122 valence electrons. The molecule has 0 amide bonds. The van der Waals surface area contributed by atoms with Crippen LogP contribution in [0, 0.1) is 19.3 Å². The van der Waals surface area contributed by atoms with Crippen LogP contribution in [0.2, 0.25) is 0 Å². The van der Waals surface area contributed by atoms with Crippen molar-refractivity contribution in [2.45, 2.75) is 26.1 Å². The lowest BCUT2D eigenvalue weighted by Gasteiger charge is -2.24. The minimum atomic E-state index is -0.594. The summed E-state index contributed by atoms with van der Waals surface area (Å²) in [4.78, 5) is 2.14. The lowest BCUT2D eigenvalue weighted by atomic mass is 10.2. The smallest absolute Gasteiger partial charge is 0.118 e. The van der Waals surface area contributed by atoms with E-state index in [-0.39, 0.29) is 13.2 Å². The summed E-state index contributed by atoms with van der Waals surface area (Å²) in [6, 6.07) is 14.1. The molecule has 4 nitrogen and oxygen atoms in total. The van der Waals surface area contributed by atoms with Crippen molar-refractivity contribution in [2.24, 2.45) is 0 Å². The molecule has 1 N–H and O–H groups in total. The number of furan rings is 1. The van der Waals surface area contributed by atoms with Gasteiger partial charge in [0, 0.05) is 13.1 Å². The molecule has 1 unspecified atom stereocenters. The largest absolute Gasteiger partial charge is 0.465 e.